The van der Waals surface area contributed by atoms with E-state index in [4.69, 9.17) is 0 Å². The summed E-state index contributed by atoms with van der Waals surface area (Å²) in [6.45, 7) is 7.49. The predicted octanol–water partition coefficient (Wildman–Crippen LogP) is 3.32. The molecule has 0 N–H and O–H groups in total. The number of rotatable bonds is 13. The standard InChI is InChI=1S/C14H34Si2.C2H8OSi/c1-3-5-7-9-11-13-16(15)14-12-10-8-6-4-2;1-2-3-4/h16H,3-14H2,1-2,15H3;2H2,1,4H3. The van der Waals surface area contributed by atoms with Gasteiger partial charge in [-0.05, 0) is 16.7 Å². The molecule has 0 saturated carbocycles. The number of hydrogen-bond donors (Lipinski definition) is 0. The molecule has 0 atom stereocenters. The summed E-state index contributed by atoms with van der Waals surface area (Å²) in [5.41, 5.74) is 0. The molecule has 0 fully saturated rings. The maximum atomic E-state index is 4.68. The van der Waals surface area contributed by atoms with E-state index >= 15 is 0 Å². The van der Waals surface area contributed by atoms with Crippen LogP contribution in [0.5, 0.6) is 0 Å². The van der Waals surface area contributed by atoms with Crippen molar-refractivity contribution in [3.63, 3.8) is 0 Å². The van der Waals surface area contributed by atoms with Crippen LogP contribution in [-0.2, 0) is 4.43 Å². The molecule has 0 aromatic heterocycles. The van der Waals surface area contributed by atoms with Gasteiger partial charge in [0.25, 0.3) is 0 Å². The molecule has 0 saturated heterocycles. The van der Waals surface area contributed by atoms with Crippen molar-refractivity contribution in [3.8, 4) is 0 Å². The van der Waals surface area contributed by atoms with Gasteiger partial charge in [0.1, 0.15) is 10.5 Å². The highest BCUT2D eigenvalue weighted by Crippen LogP contribution is 2.12. The zero-order valence-corrected chi connectivity index (χ0v) is 20.3. The van der Waals surface area contributed by atoms with E-state index in [2.05, 4.69) is 18.3 Å². The minimum absolute atomic E-state index is 0.166. The lowest BCUT2D eigenvalue weighted by molar-refractivity contribution is 0.375. The van der Waals surface area contributed by atoms with Crippen molar-refractivity contribution >= 4 is 28.6 Å². The highest BCUT2D eigenvalue weighted by atomic mass is 29.1. The van der Waals surface area contributed by atoms with Gasteiger partial charge in [0, 0.05) is 14.9 Å². The van der Waals surface area contributed by atoms with Crippen LogP contribution in [0, 0.1) is 0 Å². The maximum absolute atomic E-state index is 4.68. The van der Waals surface area contributed by atoms with Crippen LogP contribution in [0.1, 0.15) is 85.0 Å². The van der Waals surface area contributed by atoms with Crippen molar-refractivity contribution < 1.29 is 4.43 Å². The Labute approximate surface area is 137 Å². The van der Waals surface area contributed by atoms with E-state index in [1.807, 2.05) is 6.92 Å². The first-order chi connectivity index (χ1) is 9.72. The van der Waals surface area contributed by atoms with Crippen LogP contribution >= 0.6 is 0 Å². The fourth-order valence-electron chi connectivity index (χ4n) is 2.34. The molecule has 0 aromatic rings. The average molecular weight is 335 g/mol. The van der Waals surface area contributed by atoms with Gasteiger partial charge in [-0.15, -0.1) is 0 Å². The molecule has 1 nitrogen and oxygen atoms in total. The van der Waals surface area contributed by atoms with Crippen molar-refractivity contribution in [3.05, 3.63) is 0 Å². The van der Waals surface area contributed by atoms with E-state index < -0.39 is 0 Å². The first kappa shape index (κ1) is 22.9. The molecule has 0 bridgehead atoms. The van der Waals surface area contributed by atoms with Crippen LogP contribution < -0.4 is 0 Å². The van der Waals surface area contributed by atoms with Crippen LogP contribution in [0.25, 0.3) is 0 Å². The zero-order valence-electron chi connectivity index (χ0n) is 15.2. The Morgan fingerprint density at radius 2 is 1.05 bits per heavy atom. The summed E-state index contributed by atoms with van der Waals surface area (Å²) >= 11 is 0. The summed E-state index contributed by atoms with van der Waals surface area (Å²) in [5, 5.41) is 0. The van der Waals surface area contributed by atoms with E-state index in [0.29, 0.717) is 0 Å². The van der Waals surface area contributed by atoms with Crippen molar-refractivity contribution in [1.29, 1.82) is 0 Å². The quantitative estimate of drug-likeness (QED) is 0.371. The van der Waals surface area contributed by atoms with Crippen LogP contribution in [0.2, 0.25) is 12.1 Å². The van der Waals surface area contributed by atoms with Crippen LogP contribution in [0.15, 0.2) is 0 Å². The third-order valence-electron chi connectivity index (χ3n) is 3.89. The molecule has 0 spiro atoms. The molecule has 0 heterocycles. The molecule has 0 unspecified atom stereocenters. The Kier molecular flexibility index (Phi) is 25.1. The second-order valence-electron chi connectivity index (χ2n) is 6.09. The van der Waals surface area contributed by atoms with Crippen LogP contribution in [0.4, 0.5) is 0 Å². The predicted molar refractivity (Wildman–Crippen MR) is 106 cm³/mol. The molecular weight excluding hydrogens is 292 g/mol. The van der Waals surface area contributed by atoms with E-state index in [1.54, 1.807) is 34.7 Å². The lowest BCUT2D eigenvalue weighted by Gasteiger charge is -2.09. The Morgan fingerprint density at radius 3 is 1.35 bits per heavy atom. The van der Waals surface area contributed by atoms with E-state index in [-0.39, 0.29) is 8.31 Å². The number of unbranched alkanes of at least 4 members (excludes halogenated alkanes) is 8. The largest absolute Gasteiger partial charge is 0.428 e. The van der Waals surface area contributed by atoms with Gasteiger partial charge in [0.15, 0.2) is 0 Å². The van der Waals surface area contributed by atoms with Crippen LogP contribution in [-0.4, -0.2) is 35.2 Å². The molecule has 4 heteroatoms. The SMILES string of the molecule is CCCCCCC[SiH]([SiH3])CCCCCCC.CCO[SiH3]. The Hall–Kier alpha value is 0.611. The normalized spacial score (nSPS) is 10.8. The smallest absolute Gasteiger partial charge is 0.145 e. The summed E-state index contributed by atoms with van der Waals surface area (Å²) in [4.78, 5) is 0. The van der Waals surface area contributed by atoms with Gasteiger partial charge >= 0.3 is 0 Å². The first-order valence-corrected chi connectivity index (χ1v) is 16.3. The van der Waals surface area contributed by atoms with Gasteiger partial charge in [0.05, 0.1) is 0 Å². The lowest BCUT2D eigenvalue weighted by atomic mass is 10.2. The summed E-state index contributed by atoms with van der Waals surface area (Å²) in [7, 11) is 2.29. The summed E-state index contributed by atoms with van der Waals surface area (Å²) in [6, 6.07) is 3.34. The monoisotopic (exact) mass is 334 g/mol. The average Bonchev–Trinajstić information content (AvgIpc) is 2.47. The molecule has 124 valence electrons. The van der Waals surface area contributed by atoms with Gasteiger partial charge in [-0.1, -0.05) is 90.1 Å². The van der Waals surface area contributed by atoms with Crippen molar-refractivity contribution in [2.24, 2.45) is 0 Å². The Balaban J connectivity index is 0. The second kappa shape index (κ2) is 21.9. The minimum atomic E-state index is -0.166. The Morgan fingerprint density at radius 1 is 0.700 bits per heavy atom. The van der Waals surface area contributed by atoms with Gasteiger partial charge in [-0.2, -0.15) is 0 Å². The van der Waals surface area contributed by atoms with Gasteiger partial charge in [-0.25, -0.2) is 0 Å². The van der Waals surface area contributed by atoms with E-state index in [9.17, 15) is 0 Å². The topological polar surface area (TPSA) is 9.23 Å². The minimum Gasteiger partial charge on any atom is -0.428 e. The van der Waals surface area contributed by atoms with Crippen molar-refractivity contribution in [1.82, 2.24) is 0 Å². The molecule has 0 radical (unpaired) electrons. The van der Waals surface area contributed by atoms with E-state index in [1.165, 1.54) is 51.4 Å². The first-order valence-electron chi connectivity index (χ1n) is 9.21. The number of hydrogen-bond acceptors (Lipinski definition) is 1. The van der Waals surface area contributed by atoms with Gasteiger partial charge in [-0.3, -0.25) is 0 Å². The summed E-state index contributed by atoms with van der Waals surface area (Å²) in [5.74, 6) is 0. The van der Waals surface area contributed by atoms with Crippen LogP contribution in [0.3, 0.4) is 0 Å². The van der Waals surface area contributed by atoms with E-state index in [0.717, 1.165) is 17.1 Å². The fourth-order valence-corrected chi connectivity index (χ4v) is 7.05. The molecular formula is C16H42OSi3. The molecule has 0 aromatic carbocycles. The third kappa shape index (κ3) is 23.7. The molecule has 0 aliphatic rings. The molecule has 0 amide bonds. The van der Waals surface area contributed by atoms with Gasteiger partial charge < -0.3 is 4.43 Å². The molecule has 0 rings (SSSR count). The third-order valence-corrected chi connectivity index (χ3v) is 10.7. The maximum Gasteiger partial charge on any atom is 0.145 e. The summed E-state index contributed by atoms with van der Waals surface area (Å²) < 4.78 is 4.68. The van der Waals surface area contributed by atoms with Crippen molar-refractivity contribution in [2.75, 3.05) is 6.61 Å². The highest BCUT2D eigenvalue weighted by Gasteiger charge is 2.03. The lowest BCUT2D eigenvalue weighted by Crippen LogP contribution is -2.11. The summed E-state index contributed by atoms with van der Waals surface area (Å²) in [6.07, 6.45) is 14.9. The second-order valence-corrected chi connectivity index (χ2v) is 14.9. The molecule has 0 aliphatic carbocycles. The van der Waals surface area contributed by atoms with Crippen molar-refractivity contribution in [2.45, 2.75) is 97.1 Å². The zero-order chi connectivity index (χ0) is 15.5. The van der Waals surface area contributed by atoms with Gasteiger partial charge in [0.2, 0.25) is 0 Å². The Bertz CT molecular complexity index is 141. The molecule has 0 aliphatic heterocycles. The fraction of sp³-hybridized carbons (Fsp3) is 1.00. The highest BCUT2D eigenvalue weighted by molar-refractivity contribution is 7.03. The molecule has 20 heavy (non-hydrogen) atoms.